The van der Waals surface area contributed by atoms with E-state index >= 15 is 0 Å². The Morgan fingerprint density at radius 1 is 1.26 bits per heavy atom. The maximum absolute atomic E-state index is 11.4. The van der Waals surface area contributed by atoms with Gasteiger partial charge in [-0.2, -0.15) is 0 Å². The summed E-state index contributed by atoms with van der Waals surface area (Å²) in [6, 6.07) is 6.43. The van der Waals surface area contributed by atoms with Gasteiger partial charge in [-0.15, -0.1) is 4.79 Å². The minimum absolute atomic E-state index is 0.0238. The number of benzene rings is 1. The highest BCUT2D eigenvalue weighted by molar-refractivity contribution is 5.89. The molecule has 0 saturated heterocycles. The molecule has 0 spiro atoms. The lowest BCUT2D eigenvalue weighted by atomic mass is 10.1. The van der Waals surface area contributed by atoms with Crippen molar-refractivity contribution in [1.29, 1.82) is 0 Å². The summed E-state index contributed by atoms with van der Waals surface area (Å²) in [7, 11) is 0. The number of rotatable bonds is 4. The maximum Gasteiger partial charge on any atom is 0.454 e. The lowest BCUT2D eigenvalue weighted by molar-refractivity contribution is -0.139. The molecule has 0 saturated carbocycles. The van der Waals surface area contributed by atoms with Crippen molar-refractivity contribution >= 4 is 17.8 Å². The molecule has 0 fully saturated rings. The van der Waals surface area contributed by atoms with Gasteiger partial charge in [0.15, 0.2) is 0 Å². The van der Waals surface area contributed by atoms with Crippen molar-refractivity contribution in [2.75, 3.05) is 6.61 Å². The van der Waals surface area contributed by atoms with Crippen LogP contribution in [0.1, 0.15) is 29.8 Å². The molecule has 0 radical (unpaired) electrons. The average Bonchev–Trinajstić information content (AvgIpc) is 2.39. The van der Waals surface area contributed by atoms with Crippen molar-refractivity contribution in [2.45, 2.75) is 20.3 Å². The summed E-state index contributed by atoms with van der Waals surface area (Å²) < 4.78 is 9.53. The molecule has 0 aromatic heterocycles. The SMILES string of the molecule is CCOC(=O)c1ccc(CC(=O)OC(C)=[N+]=[N-])cc1. The Bertz CT molecular complexity index is 516. The zero-order chi connectivity index (χ0) is 14.3. The van der Waals surface area contributed by atoms with Gasteiger partial charge in [0, 0.05) is 0 Å². The van der Waals surface area contributed by atoms with Gasteiger partial charge in [-0.25, -0.2) is 4.79 Å². The Balaban J connectivity index is 2.64. The summed E-state index contributed by atoms with van der Waals surface area (Å²) in [5.41, 5.74) is 9.46. The minimum Gasteiger partial charge on any atom is -0.462 e. The van der Waals surface area contributed by atoms with E-state index in [0.29, 0.717) is 17.7 Å². The topological polar surface area (TPSA) is 89.0 Å². The van der Waals surface area contributed by atoms with Gasteiger partial charge in [0.25, 0.3) is 0 Å². The fraction of sp³-hybridized carbons (Fsp3) is 0.308. The van der Waals surface area contributed by atoms with Crippen LogP contribution < -0.4 is 0 Å². The van der Waals surface area contributed by atoms with Crippen LogP contribution in [-0.4, -0.2) is 29.2 Å². The van der Waals surface area contributed by atoms with E-state index < -0.39 is 11.9 Å². The van der Waals surface area contributed by atoms with Crippen LogP contribution in [0.15, 0.2) is 24.3 Å². The Morgan fingerprint density at radius 2 is 1.89 bits per heavy atom. The second kappa shape index (κ2) is 7.08. The molecule has 0 aliphatic rings. The normalized spacial score (nSPS) is 9.37. The van der Waals surface area contributed by atoms with E-state index in [1.54, 1.807) is 31.2 Å². The van der Waals surface area contributed by atoms with Crippen molar-refractivity contribution in [2.24, 2.45) is 0 Å². The first-order chi connectivity index (χ1) is 9.06. The number of carbonyl (C=O) groups excluding carboxylic acids is 2. The van der Waals surface area contributed by atoms with E-state index in [1.807, 2.05) is 0 Å². The smallest absolute Gasteiger partial charge is 0.454 e. The van der Waals surface area contributed by atoms with Gasteiger partial charge in [0.05, 0.1) is 25.5 Å². The monoisotopic (exact) mass is 262 g/mol. The highest BCUT2D eigenvalue weighted by Crippen LogP contribution is 2.07. The molecule has 0 unspecified atom stereocenters. The third-order valence-electron chi connectivity index (χ3n) is 2.22. The van der Waals surface area contributed by atoms with Crippen LogP contribution in [0.3, 0.4) is 0 Å². The van der Waals surface area contributed by atoms with Crippen LogP contribution in [0.25, 0.3) is 5.53 Å². The number of carbonyl (C=O) groups is 2. The van der Waals surface area contributed by atoms with Crippen molar-refractivity contribution in [1.82, 2.24) is 0 Å². The molecule has 0 N–H and O–H groups in total. The molecule has 100 valence electrons. The second-order valence-corrected chi connectivity index (χ2v) is 3.69. The van der Waals surface area contributed by atoms with E-state index in [-0.39, 0.29) is 12.3 Å². The molecule has 0 amide bonds. The summed E-state index contributed by atoms with van der Waals surface area (Å²) in [5, 5.41) is 0. The van der Waals surface area contributed by atoms with Crippen LogP contribution in [0.4, 0.5) is 0 Å². The van der Waals surface area contributed by atoms with Crippen molar-refractivity contribution < 1.29 is 23.9 Å². The highest BCUT2D eigenvalue weighted by Gasteiger charge is 2.11. The van der Waals surface area contributed by atoms with Gasteiger partial charge >= 0.3 is 17.8 Å². The first kappa shape index (κ1) is 14.6. The maximum atomic E-state index is 11.4. The molecule has 19 heavy (non-hydrogen) atoms. The molecule has 0 heterocycles. The third-order valence-corrected chi connectivity index (χ3v) is 2.22. The highest BCUT2D eigenvalue weighted by atomic mass is 16.5. The summed E-state index contributed by atoms with van der Waals surface area (Å²) in [6.45, 7) is 3.40. The van der Waals surface area contributed by atoms with E-state index in [4.69, 9.17) is 10.3 Å². The van der Waals surface area contributed by atoms with Gasteiger partial charge in [-0.3, -0.25) is 4.79 Å². The first-order valence-electron chi connectivity index (χ1n) is 5.72. The van der Waals surface area contributed by atoms with Gasteiger partial charge in [-0.1, -0.05) is 12.1 Å². The van der Waals surface area contributed by atoms with Crippen LogP contribution in [0.2, 0.25) is 0 Å². The number of hydrogen-bond acceptors (Lipinski definition) is 4. The molecule has 6 nitrogen and oxygen atoms in total. The zero-order valence-electron chi connectivity index (χ0n) is 10.8. The number of esters is 2. The quantitative estimate of drug-likeness (QED) is 0.271. The fourth-order valence-corrected chi connectivity index (χ4v) is 1.36. The Kier molecular flexibility index (Phi) is 5.44. The van der Waals surface area contributed by atoms with Crippen molar-refractivity contribution in [3.8, 4) is 0 Å². The molecule has 0 aliphatic carbocycles. The minimum atomic E-state index is -0.542. The second-order valence-electron chi connectivity index (χ2n) is 3.69. The molecule has 0 bridgehead atoms. The van der Waals surface area contributed by atoms with Crippen molar-refractivity contribution in [3.05, 3.63) is 40.9 Å². The lowest BCUT2D eigenvalue weighted by Gasteiger charge is -2.03. The standard InChI is InChI=1S/C13H14N2O4/c1-3-18-13(17)11-6-4-10(5-7-11)8-12(16)19-9(2)15-14/h4-7H,3,8H2,1-2H3. The summed E-state index contributed by atoms with van der Waals surface area (Å²) in [6.07, 6.45) is 0.0238. The fourth-order valence-electron chi connectivity index (χ4n) is 1.36. The van der Waals surface area contributed by atoms with Crippen LogP contribution in [-0.2, 0) is 20.7 Å². The van der Waals surface area contributed by atoms with Crippen LogP contribution in [0, 0.1) is 0 Å². The largest absolute Gasteiger partial charge is 0.462 e. The van der Waals surface area contributed by atoms with Crippen molar-refractivity contribution in [3.63, 3.8) is 0 Å². The van der Waals surface area contributed by atoms with E-state index in [9.17, 15) is 9.59 Å². The van der Waals surface area contributed by atoms with E-state index in [0.717, 1.165) is 0 Å². The van der Waals surface area contributed by atoms with Gasteiger partial charge in [-0.05, 0) is 24.6 Å². The molecular weight excluding hydrogens is 248 g/mol. The predicted octanol–water partition coefficient (Wildman–Crippen LogP) is 1.60. The molecule has 6 heteroatoms. The predicted molar refractivity (Wildman–Crippen MR) is 66.5 cm³/mol. The van der Waals surface area contributed by atoms with Crippen LogP contribution in [0.5, 0.6) is 0 Å². The zero-order valence-corrected chi connectivity index (χ0v) is 10.8. The molecule has 0 aliphatic heterocycles. The Morgan fingerprint density at radius 3 is 2.42 bits per heavy atom. The van der Waals surface area contributed by atoms with Gasteiger partial charge in [0.1, 0.15) is 0 Å². The molecule has 1 rings (SSSR count). The van der Waals surface area contributed by atoms with Gasteiger partial charge in [0.2, 0.25) is 0 Å². The number of hydrogen-bond donors (Lipinski definition) is 0. The lowest BCUT2D eigenvalue weighted by Crippen LogP contribution is -2.12. The molecule has 0 atom stereocenters. The first-order valence-corrected chi connectivity index (χ1v) is 5.72. The average molecular weight is 262 g/mol. The Hall–Kier alpha value is -2.46. The molecule has 1 aromatic rings. The summed E-state index contributed by atoms with van der Waals surface area (Å²) >= 11 is 0. The number of ether oxygens (including phenoxy) is 2. The molecular formula is C13H14N2O4. The number of nitrogens with zero attached hydrogens (tertiary/aromatic N) is 2. The van der Waals surface area contributed by atoms with Crippen LogP contribution >= 0.6 is 0 Å². The Labute approximate surface area is 110 Å². The van der Waals surface area contributed by atoms with E-state index in [1.165, 1.54) is 6.92 Å². The summed E-state index contributed by atoms with van der Waals surface area (Å²) in [4.78, 5) is 25.5. The molecule has 1 aromatic carbocycles. The van der Waals surface area contributed by atoms with E-state index in [2.05, 4.69) is 9.53 Å². The third kappa shape index (κ3) is 4.73. The summed E-state index contributed by atoms with van der Waals surface area (Å²) in [5.74, 6) is -1.06. The van der Waals surface area contributed by atoms with Gasteiger partial charge < -0.3 is 15.0 Å².